The van der Waals surface area contributed by atoms with Crippen molar-refractivity contribution < 1.29 is 4.79 Å². The molecule has 3 aromatic carbocycles. The Bertz CT molecular complexity index is 1520. The molecule has 0 saturated carbocycles. The third-order valence-electron chi connectivity index (χ3n) is 5.58. The van der Waals surface area contributed by atoms with E-state index in [1.807, 2.05) is 71.3 Å². The Morgan fingerprint density at radius 2 is 1.68 bits per heavy atom. The lowest BCUT2D eigenvalue weighted by Gasteiger charge is -2.15. The van der Waals surface area contributed by atoms with Crippen LogP contribution in [0.25, 0.3) is 21.8 Å². The van der Waals surface area contributed by atoms with Gasteiger partial charge in [0.1, 0.15) is 5.69 Å². The SMILES string of the molecule is O=C(Nc1ccc2cccnc2c1)c1cc2ccc(Br)cc2n1Cc1ccc(C(Br)(Br)Br)cc1. The van der Waals surface area contributed by atoms with E-state index in [0.717, 1.165) is 37.4 Å². The van der Waals surface area contributed by atoms with E-state index in [2.05, 4.69) is 86.2 Å². The van der Waals surface area contributed by atoms with Gasteiger partial charge in [0.15, 0.2) is 2.14 Å². The molecule has 0 spiro atoms. The van der Waals surface area contributed by atoms with Crippen LogP contribution in [0.15, 0.2) is 89.5 Å². The standard InChI is InChI=1S/C26H17Br4N3O/c27-20-9-5-18-12-24(25(34)32-21-10-6-17-2-1-11-31-22(17)14-21)33(23(18)13-20)15-16-3-7-19(8-4-16)26(28,29)30/h1-14H,15H2,(H,32,34). The number of nitrogens with zero attached hydrogens (tertiary/aromatic N) is 2. The lowest BCUT2D eigenvalue weighted by atomic mass is 10.1. The molecule has 8 heteroatoms. The maximum Gasteiger partial charge on any atom is 0.272 e. The van der Waals surface area contributed by atoms with Crippen molar-refractivity contribution in [1.82, 2.24) is 9.55 Å². The number of rotatable bonds is 4. The Morgan fingerprint density at radius 1 is 0.912 bits per heavy atom. The Kier molecular flexibility index (Phi) is 6.68. The number of carbonyl (C=O) groups is 1. The van der Waals surface area contributed by atoms with E-state index >= 15 is 0 Å². The minimum atomic E-state index is -0.462. The molecule has 0 aliphatic carbocycles. The fraction of sp³-hybridized carbons (Fsp3) is 0.0769. The number of amides is 1. The molecule has 170 valence electrons. The maximum absolute atomic E-state index is 13.4. The van der Waals surface area contributed by atoms with Crippen LogP contribution in [0.3, 0.4) is 0 Å². The second-order valence-corrected chi connectivity index (χ2v) is 15.6. The highest BCUT2D eigenvalue weighted by molar-refractivity contribution is 9.38. The fourth-order valence-corrected chi connectivity index (χ4v) is 5.05. The van der Waals surface area contributed by atoms with Gasteiger partial charge in [-0.1, -0.05) is 106 Å². The molecule has 0 radical (unpaired) electrons. The molecule has 34 heavy (non-hydrogen) atoms. The van der Waals surface area contributed by atoms with Gasteiger partial charge in [-0.25, -0.2) is 0 Å². The predicted molar refractivity (Wildman–Crippen MR) is 153 cm³/mol. The van der Waals surface area contributed by atoms with Crippen LogP contribution in [0.4, 0.5) is 5.69 Å². The summed E-state index contributed by atoms with van der Waals surface area (Å²) in [5.41, 5.74) is 5.25. The number of alkyl halides is 3. The zero-order valence-electron chi connectivity index (χ0n) is 17.6. The lowest BCUT2D eigenvalue weighted by molar-refractivity contribution is 0.101. The van der Waals surface area contributed by atoms with Gasteiger partial charge in [0.2, 0.25) is 0 Å². The van der Waals surface area contributed by atoms with Crippen molar-refractivity contribution in [2.45, 2.75) is 8.69 Å². The van der Waals surface area contributed by atoms with Gasteiger partial charge in [0.25, 0.3) is 5.91 Å². The average molecular weight is 707 g/mol. The van der Waals surface area contributed by atoms with Gasteiger partial charge in [-0.2, -0.15) is 0 Å². The molecular weight excluding hydrogens is 690 g/mol. The Balaban J connectivity index is 1.51. The molecule has 1 N–H and O–H groups in total. The summed E-state index contributed by atoms with van der Waals surface area (Å²) < 4.78 is 2.55. The summed E-state index contributed by atoms with van der Waals surface area (Å²) in [6, 6.07) is 25.8. The van der Waals surface area contributed by atoms with Gasteiger partial charge < -0.3 is 9.88 Å². The largest absolute Gasteiger partial charge is 0.332 e. The van der Waals surface area contributed by atoms with Crippen molar-refractivity contribution in [3.63, 3.8) is 0 Å². The average Bonchev–Trinajstić information content (AvgIpc) is 3.16. The molecule has 0 saturated heterocycles. The smallest absolute Gasteiger partial charge is 0.272 e. The van der Waals surface area contributed by atoms with Gasteiger partial charge in [-0.05, 0) is 47.5 Å². The highest BCUT2D eigenvalue weighted by Gasteiger charge is 2.21. The number of benzene rings is 3. The molecular formula is C26H17Br4N3O. The number of fused-ring (bicyclic) bond motifs is 2. The number of hydrogen-bond acceptors (Lipinski definition) is 2. The molecule has 5 aromatic rings. The third-order valence-corrected chi connectivity index (χ3v) is 7.45. The molecule has 0 bridgehead atoms. The Labute approximate surface area is 230 Å². The molecule has 0 aliphatic heterocycles. The number of pyridine rings is 1. The van der Waals surface area contributed by atoms with E-state index in [9.17, 15) is 4.79 Å². The summed E-state index contributed by atoms with van der Waals surface area (Å²) in [5.74, 6) is -0.167. The zero-order chi connectivity index (χ0) is 23.9. The van der Waals surface area contributed by atoms with Crippen LogP contribution in [0.5, 0.6) is 0 Å². The number of halogens is 4. The Hall–Kier alpha value is -2.00. The minimum Gasteiger partial charge on any atom is -0.332 e. The first-order chi connectivity index (χ1) is 16.3. The van der Waals surface area contributed by atoms with Crippen molar-refractivity contribution in [1.29, 1.82) is 0 Å². The van der Waals surface area contributed by atoms with Crippen LogP contribution >= 0.6 is 63.7 Å². The van der Waals surface area contributed by atoms with Crippen LogP contribution in [0.2, 0.25) is 0 Å². The summed E-state index contributed by atoms with van der Waals surface area (Å²) in [5, 5.41) is 5.09. The predicted octanol–water partition coefficient (Wildman–Crippen LogP) is 8.55. The van der Waals surface area contributed by atoms with Crippen LogP contribution in [0, 0.1) is 0 Å². The molecule has 2 heterocycles. The van der Waals surface area contributed by atoms with Crippen LogP contribution < -0.4 is 5.32 Å². The quantitative estimate of drug-likeness (QED) is 0.191. The summed E-state index contributed by atoms with van der Waals surface area (Å²) in [6.07, 6.45) is 1.75. The van der Waals surface area contributed by atoms with Crippen LogP contribution in [-0.2, 0) is 8.69 Å². The van der Waals surface area contributed by atoms with Crippen LogP contribution in [-0.4, -0.2) is 15.5 Å². The monoisotopic (exact) mass is 703 g/mol. The maximum atomic E-state index is 13.4. The topological polar surface area (TPSA) is 46.9 Å². The molecule has 0 fully saturated rings. The first-order valence-corrected chi connectivity index (χ1v) is 13.6. The lowest BCUT2D eigenvalue weighted by Crippen LogP contribution is -2.17. The minimum absolute atomic E-state index is 0.167. The first-order valence-electron chi connectivity index (χ1n) is 10.4. The zero-order valence-corrected chi connectivity index (χ0v) is 23.9. The molecule has 0 unspecified atom stereocenters. The summed E-state index contributed by atoms with van der Waals surface area (Å²) in [4.78, 5) is 17.8. The second kappa shape index (κ2) is 9.57. The summed E-state index contributed by atoms with van der Waals surface area (Å²) in [6.45, 7) is 0.558. The number of aromatic nitrogens is 2. The summed E-state index contributed by atoms with van der Waals surface area (Å²) in [7, 11) is 0. The van der Waals surface area contributed by atoms with Gasteiger partial charge in [0.05, 0.1) is 11.0 Å². The van der Waals surface area contributed by atoms with Gasteiger partial charge in [-0.3, -0.25) is 9.78 Å². The summed E-state index contributed by atoms with van der Waals surface area (Å²) >= 11 is 14.2. The van der Waals surface area contributed by atoms with Gasteiger partial charge in [0, 0.05) is 33.7 Å². The van der Waals surface area contributed by atoms with E-state index in [-0.39, 0.29) is 5.91 Å². The van der Waals surface area contributed by atoms with E-state index < -0.39 is 2.14 Å². The van der Waals surface area contributed by atoms with Crippen LogP contribution in [0.1, 0.15) is 21.6 Å². The van der Waals surface area contributed by atoms with Crippen molar-refractivity contribution in [3.05, 3.63) is 106 Å². The first kappa shape index (κ1) is 23.7. The van der Waals surface area contributed by atoms with Crippen molar-refractivity contribution >= 4 is 97.1 Å². The molecule has 1 amide bonds. The van der Waals surface area contributed by atoms with Gasteiger partial charge >= 0.3 is 0 Å². The van der Waals surface area contributed by atoms with Gasteiger partial charge in [-0.15, -0.1) is 0 Å². The number of nitrogens with one attached hydrogen (secondary N) is 1. The molecule has 0 atom stereocenters. The Morgan fingerprint density at radius 3 is 2.44 bits per heavy atom. The second-order valence-electron chi connectivity index (χ2n) is 7.88. The molecule has 2 aromatic heterocycles. The highest BCUT2D eigenvalue weighted by Crippen LogP contribution is 2.44. The van der Waals surface area contributed by atoms with E-state index in [1.54, 1.807) is 6.20 Å². The van der Waals surface area contributed by atoms with Crippen molar-refractivity contribution in [3.8, 4) is 0 Å². The number of hydrogen-bond donors (Lipinski definition) is 1. The van der Waals surface area contributed by atoms with Crippen molar-refractivity contribution in [2.75, 3.05) is 5.32 Å². The molecule has 4 nitrogen and oxygen atoms in total. The molecule has 0 aliphatic rings. The fourth-order valence-electron chi connectivity index (χ4n) is 3.91. The van der Waals surface area contributed by atoms with Crippen molar-refractivity contribution in [2.24, 2.45) is 0 Å². The number of anilines is 1. The number of carbonyl (C=O) groups excluding carboxylic acids is 1. The highest BCUT2D eigenvalue weighted by atomic mass is 80.0. The van der Waals surface area contributed by atoms with E-state index in [0.29, 0.717) is 17.9 Å². The molecule has 5 rings (SSSR count). The third kappa shape index (κ3) is 5.00. The van der Waals surface area contributed by atoms with E-state index in [4.69, 9.17) is 0 Å². The normalized spacial score (nSPS) is 11.8. The van der Waals surface area contributed by atoms with E-state index in [1.165, 1.54) is 0 Å².